The molecule has 11 aromatic rings. The lowest BCUT2D eigenvalue weighted by Gasteiger charge is -2.14. The van der Waals surface area contributed by atoms with Gasteiger partial charge in [0.1, 0.15) is 0 Å². The zero-order valence-corrected chi connectivity index (χ0v) is 30.3. The van der Waals surface area contributed by atoms with Crippen LogP contribution in [-0.4, -0.2) is 24.1 Å². The van der Waals surface area contributed by atoms with E-state index in [0.717, 1.165) is 55.4 Å². The average Bonchev–Trinajstić information content (AvgIpc) is 3.80. The Bertz CT molecular complexity index is 3240. The molecule has 0 aliphatic rings. The van der Waals surface area contributed by atoms with E-state index < -0.39 is 0 Å². The fourth-order valence-electron chi connectivity index (χ4n) is 8.30. The summed E-state index contributed by atoms with van der Waals surface area (Å²) in [5.74, 6) is 1.81. The van der Waals surface area contributed by atoms with Crippen molar-refractivity contribution >= 4 is 43.6 Å². The maximum Gasteiger partial charge on any atom is 0.238 e. The van der Waals surface area contributed by atoms with Crippen molar-refractivity contribution in [2.75, 3.05) is 0 Å². The van der Waals surface area contributed by atoms with Crippen LogP contribution in [0.3, 0.4) is 0 Å². The van der Waals surface area contributed by atoms with Gasteiger partial charge in [0.2, 0.25) is 5.95 Å². The number of hydrogen-bond donors (Lipinski definition) is 0. The molecule has 0 saturated carbocycles. The predicted octanol–water partition coefficient (Wildman–Crippen LogP) is 12.7. The molecule has 5 heteroatoms. The van der Waals surface area contributed by atoms with Gasteiger partial charge in [0.05, 0.1) is 27.8 Å². The molecule has 0 aliphatic heterocycles. The number of hydrogen-bond acceptors (Lipinski definition) is 3. The second kappa shape index (κ2) is 13.0. The number of para-hydroxylation sites is 3. The van der Waals surface area contributed by atoms with Gasteiger partial charge in [-0.15, -0.1) is 0 Å². The average molecular weight is 716 g/mol. The second-order valence-electron chi connectivity index (χ2n) is 14.0. The maximum absolute atomic E-state index is 5.28. The monoisotopic (exact) mass is 715 g/mol. The van der Waals surface area contributed by atoms with E-state index in [1.54, 1.807) is 0 Å². The molecule has 8 aromatic carbocycles. The molecule has 0 spiro atoms. The molecule has 0 radical (unpaired) electrons. The quantitative estimate of drug-likeness (QED) is 0.172. The Labute approximate surface area is 323 Å². The molecule has 56 heavy (non-hydrogen) atoms. The highest BCUT2D eigenvalue weighted by Gasteiger charge is 2.23. The third-order valence-corrected chi connectivity index (χ3v) is 10.8. The molecular formula is C51H33N5. The van der Waals surface area contributed by atoms with Crippen molar-refractivity contribution in [1.82, 2.24) is 24.1 Å². The van der Waals surface area contributed by atoms with Gasteiger partial charge in [0.25, 0.3) is 0 Å². The predicted molar refractivity (Wildman–Crippen MR) is 230 cm³/mol. The molecule has 0 amide bonds. The Morgan fingerprint density at radius 2 is 0.786 bits per heavy atom. The molecule has 0 fully saturated rings. The molecule has 0 aliphatic carbocycles. The minimum Gasteiger partial charge on any atom is -0.309 e. The summed E-state index contributed by atoms with van der Waals surface area (Å²) >= 11 is 0. The van der Waals surface area contributed by atoms with Crippen LogP contribution in [0.1, 0.15) is 0 Å². The number of nitrogens with zero attached hydrogens (tertiary/aromatic N) is 5. The highest BCUT2D eigenvalue weighted by Crippen LogP contribution is 2.43. The van der Waals surface area contributed by atoms with Crippen LogP contribution in [0.5, 0.6) is 0 Å². The molecule has 0 atom stereocenters. The van der Waals surface area contributed by atoms with E-state index in [1.807, 2.05) is 24.3 Å². The van der Waals surface area contributed by atoms with Crippen LogP contribution in [0.15, 0.2) is 200 Å². The maximum atomic E-state index is 5.28. The zero-order valence-electron chi connectivity index (χ0n) is 30.3. The minimum absolute atomic E-state index is 0.572. The lowest BCUT2D eigenvalue weighted by Crippen LogP contribution is -2.06. The fraction of sp³-hybridized carbons (Fsp3) is 0. The molecule has 3 heterocycles. The summed E-state index contributed by atoms with van der Waals surface area (Å²) in [4.78, 5) is 15.6. The Morgan fingerprint density at radius 3 is 1.46 bits per heavy atom. The van der Waals surface area contributed by atoms with Gasteiger partial charge in [-0.3, -0.25) is 4.57 Å². The summed E-state index contributed by atoms with van der Waals surface area (Å²) in [6, 6.07) is 70.3. The minimum atomic E-state index is 0.572. The van der Waals surface area contributed by atoms with E-state index in [9.17, 15) is 0 Å². The van der Waals surface area contributed by atoms with E-state index in [0.29, 0.717) is 17.6 Å². The van der Waals surface area contributed by atoms with Crippen molar-refractivity contribution in [2.24, 2.45) is 0 Å². The van der Waals surface area contributed by atoms with E-state index in [4.69, 9.17) is 15.0 Å². The summed E-state index contributed by atoms with van der Waals surface area (Å²) in [5.41, 5.74) is 12.0. The molecule has 0 N–H and O–H groups in total. The number of aromatic nitrogens is 5. The molecule has 0 saturated heterocycles. The number of benzene rings is 8. The molecule has 262 valence electrons. The Balaban J connectivity index is 1.20. The Morgan fingerprint density at radius 1 is 0.304 bits per heavy atom. The molecule has 3 aromatic heterocycles. The van der Waals surface area contributed by atoms with Crippen molar-refractivity contribution in [2.45, 2.75) is 0 Å². The Hall–Kier alpha value is -7.63. The topological polar surface area (TPSA) is 48.5 Å². The van der Waals surface area contributed by atoms with Crippen LogP contribution in [0.25, 0.3) is 100 Å². The highest BCUT2D eigenvalue weighted by atomic mass is 15.2. The zero-order chi connectivity index (χ0) is 37.0. The lowest BCUT2D eigenvalue weighted by molar-refractivity contribution is 0.953. The van der Waals surface area contributed by atoms with Crippen LogP contribution in [0, 0.1) is 0 Å². The van der Waals surface area contributed by atoms with Crippen molar-refractivity contribution in [1.29, 1.82) is 0 Å². The molecule has 5 nitrogen and oxygen atoms in total. The number of rotatable bonds is 6. The van der Waals surface area contributed by atoms with Gasteiger partial charge >= 0.3 is 0 Å². The van der Waals surface area contributed by atoms with Gasteiger partial charge in [-0.05, 0) is 53.1 Å². The summed E-state index contributed by atoms with van der Waals surface area (Å²) in [6.45, 7) is 0. The largest absolute Gasteiger partial charge is 0.309 e. The van der Waals surface area contributed by atoms with Crippen LogP contribution < -0.4 is 0 Å². The van der Waals surface area contributed by atoms with E-state index in [-0.39, 0.29) is 0 Å². The third-order valence-electron chi connectivity index (χ3n) is 10.8. The highest BCUT2D eigenvalue weighted by molar-refractivity contribution is 6.29. The second-order valence-corrected chi connectivity index (χ2v) is 14.0. The van der Waals surface area contributed by atoms with Gasteiger partial charge in [0, 0.05) is 38.2 Å². The van der Waals surface area contributed by atoms with E-state index in [1.165, 1.54) is 27.3 Å². The normalized spacial score (nSPS) is 11.6. The standard InChI is InChI=1S/C51H33N5/c1-4-17-34(18-5-1)37-23-16-24-38(33-37)50-52-49(36-21-8-3-9-22-36)53-51(54-50)56-44-30-15-12-27-41(44)48-46(56)32-31-45-47(48)40-26-11-14-29-43(40)55(45)42-28-13-10-25-39(42)35-19-6-2-7-20-35/h1-33H. The third kappa shape index (κ3) is 5.13. The summed E-state index contributed by atoms with van der Waals surface area (Å²) in [7, 11) is 0. The van der Waals surface area contributed by atoms with Gasteiger partial charge in [-0.25, -0.2) is 4.98 Å². The molecule has 0 unspecified atom stereocenters. The van der Waals surface area contributed by atoms with Crippen LogP contribution in [0.2, 0.25) is 0 Å². The van der Waals surface area contributed by atoms with Gasteiger partial charge < -0.3 is 4.57 Å². The van der Waals surface area contributed by atoms with Crippen LogP contribution >= 0.6 is 0 Å². The molecule has 0 bridgehead atoms. The van der Waals surface area contributed by atoms with Crippen molar-refractivity contribution in [3.05, 3.63) is 200 Å². The first-order valence-electron chi connectivity index (χ1n) is 18.9. The van der Waals surface area contributed by atoms with E-state index in [2.05, 4.69) is 185 Å². The fourth-order valence-corrected chi connectivity index (χ4v) is 8.30. The molecular weight excluding hydrogens is 683 g/mol. The first kappa shape index (κ1) is 31.9. The number of fused-ring (bicyclic) bond motifs is 7. The van der Waals surface area contributed by atoms with E-state index >= 15 is 0 Å². The summed E-state index contributed by atoms with van der Waals surface area (Å²) in [5, 5.41) is 4.70. The van der Waals surface area contributed by atoms with Crippen molar-refractivity contribution in [3.8, 4) is 56.7 Å². The van der Waals surface area contributed by atoms with Gasteiger partial charge in [0.15, 0.2) is 11.6 Å². The summed E-state index contributed by atoms with van der Waals surface area (Å²) < 4.78 is 4.64. The van der Waals surface area contributed by atoms with Crippen LogP contribution in [-0.2, 0) is 0 Å². The van der Waals surface area contributed by atoms with Crippen molar-refractivity contribution < 1.29 is 0 Å². The Kier molecular flexibility index (Phi) is 7.42. The first-order chi connectivity index (χ1) is 27.8. The molecule has 11 rings (SSSR count). The van der Waals surface area contributed by atoms with Crippen molar-refractivity contribution in [3.63, 3.8) is 0 Å². The summed E-state index contributed by atoms with van der Waals surface area (Å²) in [6.07, 6.45) is 0. The van der Waals surface area contributed by atoms with Gasteiger partial charge in [-0.1, -0.05) is 164 Å². The SMILES string of the molecule is c1ccc(-c2cccc(-c3nc(-c4ccccc4)nc(-n4c5ccccc5c5c6c7ccccc7n(-c7ccccc7-c7ccccc7)c6ccc54)n3)c2)cc1. The smallest absolute Gasteiger partial charge is 0.238 e. The lowest BCUT2D eigenvalue weighted by atomic mass is 10.0. The van der Waals surface area contributed by atoms with Crippen LogP contribution in [0.4, 0.5) is 0 Å². The first-order valence-corrected chi connectivity index (χ1v) is 18.9. The van der Waals surface area contributed by atoms with Gasteiger partial charge in [-0.2, -0.15) is 9.97 Å².